The van der Waals surface area contributed by atoms with E-state index in [9.17, 15) is 13.2 Å². The van der Waals surface area contributed by atoms with Crippen molar-refractivity contribution in [3.63, 3.8) is 0 Å². The molecule has 2 rings (SSSR count). The fourth-order valence-corrected chi connectivity index (χ4v) is 2.86. The zero-order chi connectivity index (χ0) is 14.0. The van der Waals surface area contributed by atoms with Crippen LogP contribution in [0.5, 0.6) is 0 Å². The van der Waals surface area contributed by atoms with E-state index < -0.39 is 11.7 Å². The highest BCUT2D eigenvalue weighted by Gasteiger charge is 2.32. The molecule has 1 fully saturated rings. The first-order chi connectivity index (χ1) is 8.88. The zero-order valence-corrected chi connectivity index (χ0v) is 11.3. The number of halogens is 3. The van der Waals surface area contributed by atoms with Gasteiger partial charge in [0.2, 0.25) is 0 Å². The van der Waals surface area contributed by atoms with E-state index in [4.69, 9.17) is 0 Å². The minimum absolute atomic E-state index is 0.228. The summed E-state index contributed by atoms with van der Waals surface area (Å²) in [5, 5.41) is 3.22. The first-order valence-electron chi connectivity index (χ1n) is 6.82. The van der Waals surface area contributed by atoms with Crippen molar-refractivity contribution < 1.29 is 13.2 Å². The van der Waals surface area contributed by atoms with Gasteiger partial charge in [-0.05, 0) is 50.3 Å². The molecule has 0 heterocycles. The molecule has 19 heavy (non-hydrogen) atoms. The summed E-state index contributed by atoms with van der Waals surface area (Å²) in [7, 11) is 0. The van der Waals surface area contributed by atoms with Crippen LogP contribution in [0.2, 0.25) is 0 Å². The third-order valence-corrected chi connectivity index (χ3v) is 4.04. The third kappa shape index (κ3) is 3.43. The molecular formula is C15H20F3N. The maximum atomic E-state index is 12.8. The van der Waals surface area contributed by atoms with E-state index in [-0.39, 0.29) is 11.6 Å². The van der Waals surface area contributed by atoms with Gasteiger partial charge < -0.3 is 5.32 Å². The van der Waals surface area contributed by atoms with Gasteiger partial charge in [-0.25, -0.2) is 0 Å². The Hall–Kier alpha value is -1.19. The Bertz CT molecular complexity index is 434. The van der Waals surface area contributed by atoms with E-state index in [1.54, 1.807) is 6.07 Å². The number of aryl methyl sites for hydroxylation is 1. The van der Waals surface area contributed by atoms with Crippen LogP contribution in [0, 0.1) is 12.8 Å². The van der Waals surface area contributed by atoms with Crippen LogP contribution in [-0.2, 0) is 6.18 Å². The summed E-state index contributed by atoms with van der Waals surface area (Å²) in [5.74, 6) is 0.579. The molecule has 4 heteroatoms. The molecule has 0 saturated heterocycles. The van der Waals surface area contributed by atoms with Crippen molar-refractivity contribution >= 4 is 5.69 Å². The first kappa shape index (κ1) is 14.2. The first-order valence-corrected chi connectivity index (χ1v) is 6.82. The van der Waals surface area contributed by atoms with Crippen LogP contribution >= 0.6 is 0 Å². The van der Waals surface area contributed by atoms with E-state index in [2.05, 4.69) is 12.2 Å². The largest absolute Gasteiger partial charge is 0.416 e. The van der Waals surface area contributed by atoms with Crippen LogP contribution in [0.25, 0.3) is 0 Å². The van der Waals surface area contributed by atoms with E-state index in [0.717, 1.165) is 0 Å². The number of benzene rings is 1. The molecule has 1 unspecified atom stereocenters. The molecule has 1 aromatic carbocycles. The molecule has 0 aromatic heterocycles. The van der Waals surface area contributed by atoms with Crippen LogP contribution in [0.15, 0.2) is 18.2 Å². The highest BCUT2D eigenvalue weighted by Crippen LogP contribution is 2.34. The second kappa shape index (κ2) is 5.43. The molecule has 1 nitrogen and oxygen atoms in total. The molecule has 1 saturated carbocycles. The van der Waals surface area contributed by atoms with E-state index in [1.807, 2.05) is 0 Å². The van der Waals surface area contributed by atoms with Crippen LogP contribution in [-0.4, -0.2) is 6.04 Å². The lowest BCUT2D eigenvalue weighted by molar-refractivity contribution is -0.138. The van der Waals surface area contributed by atoms with Crippen LogP contribution < -0.4 is 5.32 Å². The number of nitrogens with one attached hydrogen (secondary N) is 1. The molecule has 1 N–H and O–H groups in total. The lowest BCUT2D eigenvalue weighted by atomic mass is 9.99. The van der Waals surface area contributed by atoms with Gasteiger partial charge in [-0.1, -0.05) is 18.9 Å². The van der Waals surface area contributed by atoms with E-state index in [0.29, 0.717) is 11.6 Å². The fourth-order valence-electron chi connectivity index (χ4n) is 2.86. The van der Waals surface area contributed by atoms with Crippen LogP contribution in [0.4, 0.5) is 18.9 Å². The minimum Gasteiger partial charge on any atom is -0.382 e. The highest BCUT2D eigenvalue weighted by atomic mass is 19.4. The Morgan fingerprint density at radius 3 is 2.42 bits per heavy atom. The lowest BCUT2D eigenvalue weighted by Gasteiger charge is -2.22. The quantitative estimate of drug-likeness (QED) is 0.815. The van der Waals surface area contributed by atoms with Gasteiger partial charge in [-0.3, -0.25) is 0 Å². The van der Waals surface area contributed by atoms with Crippen molar-refractivity contribution in [1.82, 2.24) is 0 Å². The minimum atomic E-state index is -4.28. The van der Waals surface area contributed by atoms with Crippen molar-refractivity contribution in [1.29, 1.82) is 0 Å². The van der Waals surface area contributed by atoms with Crippen LogP contribution in [0.1, 0.15) is 43.7 Å². The molecule has 106 valence electrons. The summed E-state index contributed by atoms with van der Waals surface area (Å²) in [6, 6.07) is 4.72. The Balaban J connectivity index is 2.12. The van der Waals surface area contributed by atoms with Crippen molar-refractivity contribution in [2.45, 2.75) is 51.7 Å². The highest BCUT2D eigenvalue weighted by molar-refractivity contribution is 5.50. The summed E-state index contributed by atoms with van der Waals surface area (Å²) in [6.07, 6.45) is 0.535. The number of alkyl halides is 3. The molecule has 1 aromatic rings. The Kier molecular flexibility index (Phi) is 4.07. The van der Waals surface area contributed by atoms with Gasteiger partial charge in [0.15, 0.2) is 0 Å². The monoisotopic (exact) mass is 271 g/mol. The molecule has 0 spiro atoms. The predicted octanol–water partition coefficient (Wildman–Crippen LogP) is 5.00. The lowest BCUT2D eigenvalue weighted by Crippen LogP contribution is -2.24. The summed E-state index contributed by atoms with van der Waals surface area (Å²) in [5.41, 5.74) is 0.292. The Morgan fingerprint density at radius 1 is 1.21 bits per heavy atom. The average Bonchev–Trinajstić information content (AvgIpc) is 2.83. The second-order valence-corrected chi connectivity index (χ2v) is 5.51. The van der Waals surface area contributed by atoms with Gasteiger partial charge in [-0.2, -0.15) is 13.2 Å². The predicted molar refractivity (Wildman–Crippen MR) is 71.2 cm³/mol. The standard InChI is InChI=1S/C15H20F3N/c1-10-7-8-13(9-14(10)15(16,17)18)19-11(2)12-5-3-4-6-12/h7-9,11-12,19H,3-6H2,1-2H3. The Morgan fingerprint density at radius 2 is 1.84 bits per heavy atom. The molecule has 0 radical (unpaired) electrons. The van der Waals surface area contributed by atoms with Gasteiger partial charge >= 0.3 is 6.18 Å². The fraction of sp³-hybridized carbons (Fsp3) is 0.600. The van der Waals surface area contributed by atoms with Gasteiger partial charge in [0, 0.05) is 11.7 Å². The number of anilines is 1. The SMILES string of the molecule is Cc1ccc(NC(C)C2CCCC2)cc1C(F)(F)F. The molecule has 0 bridgehead atoms. The average molecular weight is 271 g/mol. The summed E-state index contributed by atoms with van der Waals surface area (Å²) in [6.45, 7) is 3.55. The molecule has 0 amide bonds. The topological polar surface area (TPSA) is 12.0 Å². The van der Waals surface area contributed by atoms with Crippen LogP contribution in [0.3, 0.4) is 0 Å². The van der Waals surface area contributed by atoms with E-state index >= 15 is 0 Å². The Labute approximate surface area is 112 Å². The second-order valence-electron chi connectivity index (χ2n) is 5.51. The van der Waals surface area contributed by atoms with Gasteiger partial charge in [0.1, 0.15) is 0 Å². The zero-order valence-electron chi connectivity index (χ0n) is 11.3. The number of hydrogen-bond donors (Lipinski definition) is 1. The summed E-state index contributed by atoms with van der Waals surface area (Å²) in [4.78, 5) is 0. The smallest absolute Gasteiger partial charge is 0.382 e. The van der Waals surface area contributed by atoms with Crippen molar-refractivity contribution in [2.75, 3.05) is 5.32 Å². The third-order valence-electron chi connectivity index (χ3n) is 4.04. The molecular weight excluding hydrogens is 251 g/mol. The van der Waals surface area contributed by atoms with E-state index in [1.165, 1.54) is 44.7 Å². The molecule has 1 atom stereocenters. The number of hydrogen-bond acceptors (Lipinski definition) is 1. The van der Waals surface area contributed by atoms with Crippen molar-refractivity contribution in [3.05, 3.63) is 29.3 Å². The maximum Gasteiger partial charge on any atom is 0.416 e. The van der Waals surface area contributed by atoms with Gasteiger partial charge in [0.05, 0.1) is 5.56 Å². The van der Waals surface area contributed by atoms with Gasteiger partial charge in [-0.15, -0.1) is 0 Å². The van der Waals surface area contributed by atoms with Gasteiger partial charge in [0.25, 0.3) is 0 Å². The molecule has 1 aliphatic carbocycles. The van der Waals surface area contributed by atoms with Crippen molar-refractivity contribution in [3.8, 4) is 0 Å². The molecule has 1 aliphatic rings. The number of rotatable bonds is 3. The normalized spacial score (nSPS) is 18.6. The van der Waals surface area contributed by atoms with Crippen molar-refractivity contribution in [2.24, 2.45) is 5.92 Å². The molecule has 0 aliphatic heterocycles. The maximum absolute atomic E-state index is 12.8. The summed E-state index contributed by atoms with van der Waals surface area (Å²) < 4.78 is 38.5. The summed E-state index contributed by atoms with van der Waals surface area (Å²) >= 11 is 0.